The Bertz CT molecular complexity index is 1490. The smallest absolute Gasteiger partial charge is 0.260 e. The number of pyridine rings is 1. The minimum absolute atomic E-state index is 0.264. The third kappa shape index (κ3) is 6.23. The molecular weight excluding hydrogens is 520 g/mol. The van der Waals surface area contributed by atoms with Crippen molar-refractivity contribution in [3.05, 3.63) is 57.8 Å². The predicted octanol–water partition coefficient (Wildman–Crippen LogP) is 5.01. The normalized spacial score (nSPS) is 11.2. The first kappa shape index (κ1) is 28.1. The number of benzene rings is 2. The zero-order valence-corrected chi connectivity index (χ0v) is 23.6. The van der Waals surface area contributed by atoms with Gasteiger partial charge in [-0.15, -0.1) is 10.2 Å². The molecule has 39 heavy (non-hydrogen) atoms. The molecule has 0 spiro atoms. The summed E-state index contributed by atoms with van der Waals surface area (Å²) in [6.45, 7) is 10.0. The minimum Gasteiger partial charge on any atom is -0.497 e. The lowest BCUT2D eigenvalue weighted by molar-refractivity contribution is 0.223. The number of aromatic nitrogens is 4. The van der Waals surface area contributed by atoms with E-state index in [4.69, 9.17) is 25.8 Å². The predicted molar refractivity (Wildman–Crippen MR) is 154 cm³/mol. The number of nitrogens with one attached hydrogen (secondary N) is 1. The van der Waals surface area contributed by atoms with Crippen molar-refractivity contribution < 1.29 is 14.2 Å². The third-order valence-corrected chi connectivity index (χ3v) is 6.85. The summed E-state index contributed by atoms with van der Waals surface area (Å²) in [5.74, 6) is 1.97. The third-order valence-electron chi connectivity index (χ3n) is 6.46. The van der Waals surface area contributed by atoms with E-state index in [0.717, 1.165) is 31.1 Å². The molecule has 4 aromatic rings. The molecule has 0 unspecified atom stereocenters. The van der Waals surface area contributed by atoms with Crippen LogP contribution in [0.2, 0.25) is 5.02 Å². The highest BCUT2D eigenvalue weighted by Gasteiger charge is 2.19. The van der Waals surface area contributed by atoms with Gasteiger partial charge in [0.1, 0.15) is 29.4 Å². The first-order chi connectivity index (χ1) is 18.9. The molecule has 0 aliphatic rings. The zero-order valence-electron chi connectivity index (χ0n) is 22.8. The van der Waals surface area contributed by atoms with E-state index in [2.05, 4.69) is 39.2 Å². The zero-order chi connectivity index (χ0) is 27.9. The Morgan fingerprint density at radius 3 is 2.33 bits per heavy atom. The van der Waals surface area contributed by atoms with Crippen LogP contribution in [-0.2, 0) is 6.54 Å². The average Bonchev–Trinajstić information content (AvgIpc) is 2.96. The number of aryl methyl sites for hydroxylation is 1. The van der Waals surface area contributed by atoms with Crippen molar-refractivity contribution in [3.8, 4) is 28.4 Å². The number of likely N-dealkylation sites (N-methyl/N-ethyl adjacent to an activating group) is 1. The molecule has 0 atom stereocenters. The summed E-state index contributed by atoms with van der Waals surface area (Å²) in [6, 6.07) is 12.5. The van der Waals surface area contributed by atoms with E-state index in [9.17, 15) is 4.79 Å². The molecule has 0 aliphatic carbocycles. The van der Waals surface area contributed by atoms with Gasteiger partial charge in [-0.05, 0) is 56.4 Å². The van der Waals surface area contributed by atoms with Gasteiger partial charge >= 0.3 is 0 Å². The summed E-state index contributed by atoms with van der Waals surface area (Å²) < 4.78 is 18.1. The Morgan fingerprint density at radius 2 is 1.69 bits per heavy atom. The van der Waals surface area contributed by atoms with E-state index in [-0.39, 0.29) is 11.5 Å². The lowest BCUT2D eigenvalue weighted by Crippen LogP contribution is -2.27. The van der Waals surface area contributed by atoms with Gasteiger partial charge in [0.25, 0.3) is 5.56 Å². The summed E-state index contributed by atoms with van der Waals surface area (Å²) in [7, 11) is 3.04. The molecule has 0 aliphatic heterocycles. The lowest BCUT2D eigenvalue weighted by atomic mass is 10.1. The van der Waals surface area contributed by atoms with Crippen LogP contribution < -0.4 is 25.1 Å². The second kappa shape index (κ2) is 12.8. The van der Waals surface area contributed by atoms with Gasteiger partial charge in [0, 0.05) is 30.4 Å². The second-order valence-corrected chi connectivity index (χ2v) is 9.05. The number of rotatable bonds is 12. The fraction of sp³-hybridized carbons (Fsp3) is 0.357. The molecule has 2 aromatic heterocycles. The molecule has 2 aromatic carbocycles. The number of ether oxygens (including phenoxy) is 3. The number of hydrogen-bond donors (Lipinski definition) is 1. The molecule has 0 bridgehead atoms. The second-order valence-electron chi connectivity index (χ2n) is 8.67. The van der Waals surface area contributed by atoms with Crippen LogP contribution >= 0.6 is 11.6 Å². The highest BCUT2D eigenvalue weighted by atomic mass is 35.5. The Hall–Kier alpha value is -3.89. The molecule has 0 radical (unpaired) electrons. The highest BCUT2D eigenvalue weighted by molar-refractivity contribution is 6.35. The first-order valence-electron chi connectivity index (χ1n) is 12.8. The van der Waals surface area contributed by atoms with E-state index >= 15 is 0 Å². The van der Waals surface area contributed by atoms with Crippen LogP contribution in [0.4, 0.5) is 11.6 Å². The molecule has 1 N–H and O–H groups in total. The van der Waals surface area contributed by atoms with Gasteiger partial charge in [-0.25, -0.2) is 0 Å². The molecule has 206 valence electrons. The van der Waals surface area contributed by atoms with E-state index in [1.807, 2.05) is 31.2 Å². The number of hydrogen-bond acceptors (Lipinski definition) is 9. The van der Waals surface area contributed by atoms with Crippen LogP contribution in [0.25, 0.3) is 22.3 Å². The van der Waals surface area contributed by atoms with Crippen LogP contribution in [0.3, 0.4) is 0 Å². The molecule has 0 saturated carbocycles. The van der Waals surface area contributed by atoms with E-state index in [0.29, 0.717) is 52.0 Å². The topological polar surface area (TPSA) is 104 Å². The van der Waals surface area contributed by atoms with Gasteiger partial charge in [0.05, 0.1) is 24.8 Å². The van der Waals surface area contributed by atoms with Gasteiger partial charge in [-0.2, -0.15) is 4.98 Å². The Kier molecular flexibility index (Phi) is 9.21. The van der Waals surface area contributed by atoms with Crippen LogP contribution in [0.1, 0.15) is 20.8 Å². The van der Waals surface area contributed by atoms with Crippen molar-refractivity contribution in [1.82, 2.24) is 24.6 Å². The van der Waals surface area contributed by atoms with Gasteiger partial charge in [-0.3, -0.25) is 9.36 Å². The van der Waals surface area contributed by atoms with Gasteiger partial charge in [0.2, 0.25) is 5.95 Å². The SMILES string of the molecule is CCN(CC)CCOc1ccc(Nc2nnc3cc(-c4cc(OC)cc(OC)c4Cl)c(=O)n(CC)c3n2)cc1. The van der Waals surface area contributed by atoms with E-state index < -0.39 is 0 Å². The minimum atomic E-state index is -0.264. The summed E-state index contributed by atoms with van der Waals surface area (Å²) >= 11 is 6.57. The van der Waals surface area contributed by atoms with Crippen LogP contribution in [0, 0.1) is 0 Å². The quantitative estimate of drug-likeness (QED) is 0.260. The van der Waals surface area contributed by atoms with E-state index in [1.54, 1.807) is 22.8 Å². The molecule has 11 heteroatoms. The maximum absolute atomic E-state index is 13.5. The van der Waals surface area contributed by atoms with E-state index in [1.165, 1.54) is 14.2 Å². The summed E-state index contributed by atoms with van der Waals surface area (Å²) in [6.07, 6.45) is 0. The monoisotopic (exact) mass is 552 g/mol. The molecule has 4 rings (SSSR count). The largest absolute Gasteiger partial charge is 0.497 e. The Labute approximate surface area is 232 Å². The van der Waals surface area contributed by atoms with Crippen molar-refractivity contribution in [3.63, 3.8) is 0 Å². The maximum Gasteiger partial charge on any atom is 0.260 e. The fourth-order valence-corrected chi connectivity index (χ4v) is 4.52. The van der Waals surface area contributed by atoms with Crippen molar-refractivity contribution >= 4 is 34.4 Å². The highest BCUT2D eigenvalue weighted by Crippen LogP contribution is 2.38. The van der Waals surface area contributed by atoms with Gasteiger partial charge in [0.15, 0.2) is 5.65 Å². The van der Waals surface area contributed by atoms with Crippen molar-refractivity contribution in [2.45, 2.75) is 27.3 Å². The van der Waals surface area contributed by atoms with Crippen molar-refractivity contribution in [2.24, 2.45) is 0 Å². The molecule has 0 saturated heterocycles. The number of methoxy groups -OCH3 is 2. The maximum atomic E-state index is 13.5. The molecular formula is C28H33ClN6O4. The van der Waals surface area contributed by atoms with Crippen molar-refractivity contribution in [2.75, 3.05) is 45.8 Å². The number of anilines is 2. The summed E-state index contributed by atoms with van der Waals surface area (Å²) in [5, 5.41) is 12.0. The first-order valence-corrected chi connectivity index (χ1v) is 13.2. The Balaban J connectivity index is 1.60. The standard InChI is InChI=1S/C28H33ClN6O4/c1-6-34(7-2)13-14-39-19-11-9-18(10-12-19)30-28-31-26-23(32-33-28)17-22(27(36)35(26)8-3)21-15-20(37-4)16-24(38-5)25(21)29/h9-12,15-17H,6-8,13-14H2,1-5H3,(H,30,31,33). The molecule has 0 amide bonds. The average molecular weight is 553 g/mol. The Morgan fingerprint density at radius 1 is 0.949 bits per heavy atom. The van der Waals surface area contributed by atoms with Crippen LogP contribution in [0.5, 0.6) is 17.2 Å². The van der Waals surface area contributed by atoms with Crippen LogP contribution in [-0.4, -0.2) is 65.1 Å². The number of halogens is 1. The fourth-order valence-electron chi connectivity index (χ4n) is 4.23. The molecule has 2 heterocycles. The lowest BCUT2D eigenvalue weighted by Gasteiger charge is -2.18. The molecule has 0 fully saturated rings. The number of nitrogens with zero attached hydrogens (tertiary/aromatic N) is 5. The van der Waals surface area contributed by atoms with Gasteiger partial charge in [-0.1, -0.05) is 25.4 Å². The molecule has 10 nitrogen and oxygen atoms in total. The van der Waals surface area contributed by atoms with Crippen LogP contribution in [0.15, 0.2) is 47.3 Å². The number of fused-ring (bicyclic) bond motifs is 1. The summed E-state index contributed by atoms with van der Waals surface area (Å²) in [5.41, 5.74) is 2.19. The van der Waals surface area contributed by atoms with Gasteiger partial charge < -0.3 is 24.4 Å². The summed E-state index contributed by atoms with van der Waals surface area (Å²) in [4.78, 5) is 20.4. The van der Waals surface area contributed by atoms with Crippen molar-refractivity contribution in [1.29, 1.82) is 0 Å².